The fraction of sp³-hybridized carbons (Fsp3) is 0.300. The van der Waals surface area contributed by atoms with Gasteiger partial charge in [0, 0.05) is 5.56 Å². The number of aliphatic hydroxyl groups is 1. The van der Waals surface area contributed by atoms with Crippen molar-refractivity contribution in [2.75, 3.05) is 0 Å². The topological polar surface area (TPSA) is 33.1 Å². The number of pyridine rings is 1. The van der Waals surface area contributed by atoms with Crippen LogP contribution in [0.3, 0.4) is 0 Å². The molecule has 68 valence electrons. The van der Waals surface area contributed by atoms with Crippen LogP contribution in [0.25, 0.3) is 0 Å². The third-order valence-corrected chi connectivity index (χ3v) is 1.96. The van der Waals surface area contributed by atoms with Crippen LogP contribution in [0.5, 0.6) is 0 Å². The first-order valence-electron chi connectivity index (χ1n) is 3.84. The summed E-state index contributed by atoms with van der Waals surface area (Å²) in [4.78, 5) is 3.85. The minimum absolute atomic E-state index is 0.266. The molecule has 0 unspecified atom stereocenters. The number of hydrogen-bond donors (Lipinski definition) is 1. The lowest BCUT2D eigenvalue weighted by atomic mass is 10.1. The average Bonchev–Trinajstić information content (AvgIpc) is 2.13. The molecule has 3 heteroatoms. The molecular weight excluding hydrogens is 169 g/mol. The largest absolute Gasteiger partial charge is 0.392 e. The van der Waals surface area contributed by atoms with Crippen LogP contribution in [-0.4, -0.2) is 10.1 Å². The highest BCUT2D eigenvalue weighted by atomic mass is 19.1. The van der Waals surface area contributed by atoms with Gasteiger partial charge in [0.25, 0.3) is 0 Å². The molecule has 1 rings (SSSR count). The maximum atomic E-state index is 13.3. The second-order valence-corrected chi connectivity index (χ2v) is 2.77. The number of terminal acetylenes is 1. The van der Waals surface area contributed by atoms with E-state index < -0.39 is 5.82 Å². The summed E-state index contributed by atoms with van der Waals surface area (Å²) in [5.74, 6) is 1.92. The van der Waals surface area contributed by atoms with E-state index in [9.17, 15) is 4.39 Å². The van der Waals surface area contributed by atoms with Crippen molar-refractivity contribution in [3.63, 3.8) is 0 Å². The number of rotatable bonds is 1. The normalized spacial score (nSPS) is 9.77. The average molecular weight is 179 g/mol. The van der Waals surface area contributed by atoms with Gasteiger partial charge in [-0.2, -0.15) is 0 Å². The van der Waals surface area contributed by atoms with Crippen molar-refractivity contribution in [2.45, 2.75) is 20.5 Å². The van der Waals surface area contributed by atoms with E-state index in [-0.39, 0.29) is 12.3 Å². The minimum Gasteiger partial charge on any atom is -0.392 e. The number of hydrogen-bond acceptors (Lipinski definition) is 2. The third-order valence-electron chi connectivity index (χ3n) is 1.96. The fourth-order valence-corrected chi connectivity index (χ4v) is 1.18. The Morgan fingerprint density at radius 1 is 1.54 bits per heavy atom. The van der Waals surface area contributed by atoms with Crippen LogP contribution in [0.4, 0.5) is 4.39 Å². The Bertz CT molecular complexity index is 379. The van der Waals surface area contributed by atoms with Gasteiger partial charge in [-0.05, 0) is 25.3 Å². The predicted octanol–water partition coefficient (Wildman–Crippen LogP) is 1.31. The van der Waals surface area contributed by atoms with Crippen molar-refractivity contribution in [3.8, 4) is 12.3 Å². The first-order valence-corrected chi connectivity index (χ1v) is 3.84. The number of aromatic nitrogens is 1. The van der Waals surface area contributed by atoms with Crippen LogP contribution in [0, 0.1) is 32.0 Å². The first kappa shape index (κ1) is 9.69. The molecule has 0 saturated heterocycles. The molecule has 1 N–H and O–H groups in total. The summed E-state index contributed by atoms with van der Waals surface area (Å²) in [5, 5.41) is 8.94. The van der Waals surface area contributed by atoms with E-state index in [2.05, 4.69) is 10.9 Å². The van der Waals surface area contributed by atoms with Crippen molar-refractivity contribution in [2.24, 2.45) is 0 Å². The molecule has 0 saturated carbocycles. The highest BCUT2D eigenvalue weighted by Gasteiger charge is 2.12. The van der Waals surface area contributed by atoms with Crippen molar-refractivity contribution >= 4 is 0 Å². The molecule has 13 heavy (non-hydrogen) atoms. The summed E-state index contributed by atoms with van der Waals surface area (Å²) in [7, 11) is 0. The highest BCUT2D eigenvalue weighted by molar-refractivity contribution is 5.40. The van der Waals surface area contributed by atoms with E-state index in [1.54, 1.807) is 13.8 Å². The molecule has 0 aliphatic carbocycles. The molecule has 0 aliphatic rings. The van der Waals surface area contributed by atoms with Crippen LogP contribution in [0.1, 0.15) is 22.5 Å². The zero-order valence-corrected chi connectivity index (χ0v) is 7.56. The summed E-state index contributed by atoms with van der Waals surface area (Å²) in [6.45, 7) is 2.84. The molecule has 0 amide bonds. The van der Waals surface area contributed by atoms with Gasteiger partial charge >= 0.3 is 0 Å². The quantitative estimate of drug-likeness (QED) is 0.659. The van der Waals surface area contributed by atoms with E-state index in [1.165, 1.54) is 0 Å². The molecule has 1 heterocycles. The second kappa shape index (κ2) is 3.55. The second-order valence-electron chi connectivity index (χ2n) is 2.77. The Morgan fingerprint density at radius 2 is 2.15 bits per heavy atom. The van der Waals surface area contributed by atoms with E-state index in [1.807, 2.05) is 0 Å². The molecule has 0 spiro atoms. The van der Waals surface area contributed by atoms with Gasteiger partial charge in [0.15, 0.2) is 0 Å². The van der Waals surface area contributed by atoms with Gasteiger partial charge in [-0.3, -0.25) is 0 Å². The van der Waals surface area contributed by atoms with Gasteiger partial charge in [0.1, 0.15) is 11.5 Å². The molecule has 1 aromatic rings. The number of halogens is 1. The predicted molar refractivity (Wildman–Crippen MR) is 47.5 cm³/mol. The smallest absolute Gasteiger partial charge is 0.147 e. The van der Waals surface area contributed by atoms with Crippen LogP contribution < -0.4 is 0 Å². The molecular formula is C10H10FNO. The fourth-order valence-electron chi connectivity index (χ4n) is 1.18. The van der Waals surface area contributed by atoms with E-state index in [0.29, 0.717) is 16.8 Å². The van der Waals surface area contributed by atoms with E-state index >= 15 is 0 Å². The monoisotopic (exact) mass is 179 g/mol. The van der Waals surface area contributed by atoms with E-state index in [0.717, 1.165) is 0 Å². The standard InChI is InChI=1S/C10H10FNO/c1-4-9-8(5-13)6(2)10(11)7(3)12-9/h1,13H,5H2,2-3H3. The Hall–Kier alpha value is -1.40. The van der Waals surface area contributed by atoms with E-state index in [4.69, 9.17) is 11.5 Å². The van der Waals surface area contributed by atoms with Gasteiger partial charge in [-0.15, -0.1) is 6.42 Å². The third kappa shape index (κ3) is 1.53. The van der Waals surface area contributed by atoms with Gasteiger partial charge in [0.05, 0.1) is 12.3 Å². The maximum absolute atomic E-state index is 13.3. The van der Waals surface area contributed by atoms with Crippen LogP contribution in [-0.2, 0) is 6.61 Å². The zero-order chi connectivity index (χ0) is 10.0. The Morgan fingerprint density at radius 3 is 2.62 bits per heavy atom. The summed E-state index contributed by atoms with van der Waals surface area (Å²) in [6, 6.07) is 0. The zero-order valence-electron chi connectivity index (χ0n) is 7.56. The Kier molecular flexibility index (Phi) is 2.64. The summed E-state index contributed by atoms with van der Waals surface area (Å²) in [5.41, 5.74) is 1.36. The summed E-state index contributed by atoms with van der Waals surface area (Å²) in [6.07, 6.45) is 5.17. The maximum Gasteiger partial charge on any atom is 0.147 e. The van der Waals surface area contributed by atoms with Crippen molar-refractivity contribution in [1.82, 2.24) is 4.98 Å². The lowest BCUT2D eigenvalue weighted by molar-refractivity contribution is 0.279. The molecule has 0 radical (unpaired) electrons. The lowest BCUT2D eigenvalue weighted by Crippen LogP contribution is -2.03. The molecule has 0 bridgehead atoms. The number of nitrogens with zero attached hydrogens (tertiary/aromatic N) is 1. The molecule has 2 nitrogen and oxygen atoms in total. The first-order chi connectivity index (χ1) is 6.11. The Labute approximate surface area is 76.4 Å². The minimum atomic E-state index is -0.400. The van der Waals surface area contributed by atoms with Gasteiger partial charge in [0.2, 0.25) is 0 Å². The van der Waals surface area contributed by atoms with Gasteiger partial charge in [-0.1, -0.05) is 0 Å². The SMILES string of the molecule is C#Cc1nc(C)c(F)c(C)c1CO. The van der Waals surface area contributed by atoms with Crippen molar-refractivity contribution in [1.29, 1.82) is 0 Å². The lowest BCUT2D eigenvalue weighted by Gasteiger charge is -2.07. The van der Waals surface area contributed by atoms with Crippen LogP contribution in [0.2, 0.25) is 0 Å². The number of aliphatic hydroxyl groups excluding tert-OH is 1. The highest BCUT2D eigenvalue weighted by Crippen LogP contribution is 2.17. The molecule has 0 atom stereocenters. The van der Waals surface area contributed by atoms with Crippen molar-refractivity contribution < 1.29 is 9.50 Å². The van der Waals surface area contributed by atoms with Crippen molar-refractivity contribution in [3.05, 3.63) is 28.3 Å². The number of aryl methyl sites for hydroxylation is 1. The molecule has 0 aromatic carbocycles. The van der Waals surface area contributed by atoms with Gasteiger partial charge < -0.3 is 5.11 Å². The molecule has 0 fully saturated rings. The van der Waals surface area contributed by atoms with Gasteiger partial charge in [-0.25, -0.2) is 9.37 Å². The summed E-state index contributed by atoms with van der Waals surface area (Å²) < 4.78 is 13.3. The molecule has 1 aromatic heterocycles. The Balaban J connectivity index is 3.50. The molecule has 0 aliphatic heterocycles. The summed E-state index contributed by atoms with van der Waals surface area (Å²) >= 11 is 0. The van der Waals surface area contributed by atoms with Crippen LogP contribution >= 0.6 is 0 Å². The van der Waals surface area contributed by atoms with Crippen LogP contribution in [0.15, 0.2) is 0 Å².